The van der Waals surface area contributed by atoms with Crippen LogP contribution in [-0.2, 0) is 9.47 Å². The van der Waals surface area contributed by atoms with Crippen molar-refractivity contribution in [3.05, 3.63) is 22.3 Å². The first-order valence-corrected chi connectivity index (χ1v) is 8.00. The molecule has 0 N–H and O–H groups in total. The van der Waals surface area contributed by atoms with Gasteiger partial charge in [0.25, 0.3) is 0 Å². The van der Waals surface area contributed by atoms with Crippen LogP contribution in [0.4, 0.5) is 5.82 Å². The van der Waals surface area contributed by atoms with Crippen molar-refractivity contribution in [1.82, 2.24) is 4.98 Å². The Labute approximate surface area is 128 Å². The first-order valence-electron chi connectivity index (χ1n) is 7.20. The van der Waals surface area contributed by atoms with Gasteiger partial charge in [-0.15, -0.1) is 0 Å². The van der Waals surface area contributed by atoms with Gasteiger partial charge in [0.2, 0.25) is 0 Å². The van der Waals surface area contributed by atoms with Gasteiger partial charge < -0.3 is 14.4 Å². The molecule has 0 radical (unpaired) electrons. The van der Waals surface area contributed by atoms with Crippen LogP contribution in [0, 0.1) is 0 Å². The highest BCUT2D eigenvalue weighted by Gasteiger charge is 2.41. The Morgan fingerprint density at radius 3 is 3.00 bits per heavy atom. The van der Waals surface area contributed by atoms with E-state index in [2.05, 4.69) is 38.9 Å². The molecule has 0 spiro atoms. The SMILES string of the molecule is COCCOC1CCC2C(C1)c1ccc(Br)nc1N2C. The van der Waals surface area contributed by atoms with E-state index in [1.807, 2.05) is 6.07 Å². The minimum absolute atomic E-state index is 0.356. The first kappa shape index (κ1) is 14.3. The van der Waals surface area contributed by atoms with Crippen molar-refractivity contribution in [3.8, 4) is 0 Å². The van der Waals surface area contributed by atoms with Crippen molar-refractivity contribution >= 4 is 21.7 Å². The minimum Gasteiger partial charge on any atom is -0.382 e. The zero-order valence-corrected chi connectivity index (χ0v) is 13.6. The molecular weight excluding hydrogens is 320 g/mol. The Hall–Kier alpha value is -0.650. The lowest BCUT2D eigenvalue weighted by molar-refractivity contribution is -0.00610. The monoisotopic (exact) mass is 340 g/mol. The Balaban J connectivity index is 1.73. The summed E-state index contributed by atoms with van der Waals surface area (Å²) in [5, 5.41) is 0. The lowest BCUT2D eigenvalue weighted by Gasteiger charge is -2.34. The summed E-state index contributed by atoms with van der Waals surface area (Å²) in [7, 11) is 3.88. The molecule has 1 aromatic rings. The third kappa shape index (κ3) is 2.59. The van der Waals surface area contributed by atoms with E-state index < -0.39 is 0 Å². The van der Waals surface area contributed by atoms with Crippen molar-refractivity contribution in [2.75, 3.05) is 32.3 Å². The summed E-state index contributed by atoms with van der Waals surface area (Å²) < 4.78 is 11.9. The van der Waals surface area contributed by atoms with Crippen LogP contribution in [0.2, 0.25) is 0 Å². The Bertz CT molecular complexity index is 483. The van der Waals surface area contributed by atoms with E-state index in [-0.39, 0.29) is 0 Å². The van der Waals surface area contributed by atoms with Gasteiger partial charge in [0.15, 0.2) is 0 Å². The van der Waals surface area contributed by atoms with Crippen molar-refractivity contribution in [2.24, 2.45) is 0 Å². The smallest absolute Gasteiger partial charge is 0.133 e. The summed E-state index contributed by atoms with van der Waals surface area (Å²) in [6.07, 6.45) is 3.75. The van der Waals surface area contributed by atoms with Gasteiger partial charge in [0.1, 0.15) is 10.4 Å². The zero-order chi connectivity index (χ0) is 14.1. The summed E-state index contributed by atoms with van der Waals surface area (Å²) in [6.45, 7) is 1.37. The van der Waals surface area contributed by atoms with Crippen molar-refractivity contribution in [1.29, 1.82) is 0 Å². The number of halogens is 1. The van der Waals surface area contributed by atoms with E-state index in [0.717, 1.165) is 23.3 Å². The summed E-state index contributed by atoms with van der Waals surface area (Å²) >= 11 is 3.47. The van der Waals surface area contributed by atoms with E-state index in [1.165, 1.54) is 12.0 Å². The second kappa shape index (κ2) is 6.00. The molecule has 0 aromatic carbocycles. The van der Waals surface area contributed by atoms with Crippen molar-refractivity contribution in [3.63, 3.8) is 0 Å². The highest BCUT2D eigenvalue weighted by Crippen LogP contribution is 2.46. The molecule has 1 aliphatic carbocycles. The lowest BCUT2D eigenvalue weighted by Crippen LogP contribution is -2.37. The molecule has 3 rings (SSSR count). The number of likely N-dealkylation sites (N-methyl/N-ethyl adjacent to an activating group) is 1. The largest absolute Gasteiger partial charge is 0.382 e. The van der Waals surface area contributed by atoms with Crippen LogP contribution in [0.25, 0.3) is 0 Å². The van der Waals surface area contributed by atoms with Crippen LogP contribution in [-0.4, -0.2) is 44.5 Å². The second-order valence-electron chi connectivity index (χ2n) is 5.63. The predicted molar refractivity (Wildman–Crippen MR) is 82.3 cm³/mol. The van der Waals surface area contributed by atoms with Crippen LogP contribution in [0.3, 0.4) is 0 Å². The highest BCUT2D eigenvalue weighted by atomic mass is 79.9. The van der Waals surface area contributed by atoms with E-state index >= 15 is 0 Å². The number of nitrogens with zero attached hydrogens (tertiary/aromatic N) is 2. The van der Waals surface area contributed by atoms with Crippen molar-refractivity contribution in [2.45, 2.75) is 37.3 Å². The highest BCUT2D eigenvalue weighted by molar-refractivity contribution is 9.10. The number of anilines is 1. The Morgan fingerprint density at radius 2 is 2.20 bits per heavy atom. The molecule has 1 saturated carbocycles. The van der Waals surface area contributed by atoms with Gasteiger partial charge in [-0.1, -0.05) is 6.07 Å². The standard InChI is InChI=1S/C15H21BrN2O2/c1-18-13-5-3-10(20-8-7-19-2)9-12(13)11-4-6-14(16)17-15(11)18/h4,6,10,12-13H,3,5,7-9H2,1-2H3. The van der Waals surface area contributed by atoms with E-state index in [9.17, 15) is 0 Å². The molecular formula is C15H21BrN2O2. The summed E-state index contributed by atoms with van der Waals surface area (Å²) in [6, 6.07) is 4.84. The second-order valence-corrected chi connectivity index (χ2v) is 6.44. The fourth-order valence-electron chi connectivity index (χ4n) is 3.53. The van der Waals surface area contributed by atoms with Crippen LogP contribution in [0.15, 0.2) is 16.7 Å². The summed E-state index contributed by atoms with van der Waals surface area (Å²) in [5.41, 5.74) is 1.38. The van der Waals surface area contributed by atoms with Gasteiger partial charge in [-0.2, -0.15) is 0 Å². The zero-order valence-electron chi connectivity index (χ0n) is 12.0. The molecule has 4 nitrogen and oxygen atoms in total. The first-order chi connectivity index (χ1) is 9.70. The van der Waals surface area contributed by atoms with Crippen LogP contribution in [0.1, 0.15) is 30.7 Å². The molecule has 3 atom stereocenters. The fraction of sp³-hybridized carbons (Fsp3) is 0.667. The number of ether oxygens (including phenoxy) is 2. The molecule has 20 heavy (non-hydrogen) atoms. The predicted octanol–water partition coefficient (Wildman–Crippen LogP) is 2.96. The average Bonchev–Trinajstić information content (AvgIpc) is 2.72. The van der Waals surface area contributed by atoms with E-state index in [4.69, 9.17) is 9.47 Å². The molecule has 1 fully saturated rings. The van der Waals surface area contributed by atoms with Gasteiger partial charge in [-0.05, 0) is 41.3 Å². The Morgan fingerprint density at radius 1 is 1.35 bits per heavy atom. The van der Waals surface area contributed by atoms with Crippen LogP contribution >= 0.6 is 15.9 Å². The molecule has 1 aliphatic heterocycles. The maximum absolute atomic E-state index is 5.93. The van der Waals surface area contributed by atoms with E-state index in [1.54, 1.807) is 7.11 Å². The summed E-state index contributed by atoms with van der Waals surface area (Å²) in [4.78, 5) is 6.98. The molecule has 1 aromatic heterocycles. The molecule has 2 aliphatic rings. The van der Waals surface area contributed by atoms with E-state index in [0.29, 0.717) is 31.3 Å². The molecule has 3 unspecified atom stereocenters. The molecule has 0 amide bonds. The lowest BCUT2D eigenvalue weighted by atomic mass is 9.81. The third-order valence-corrected chi connectivity index (χ3v) is 4.95. The number of methoxy groups -OCH3 is 1. The minimum atomic E-state index is 0.356. The third-order valence-electron chi connectivity index (χ3n) is 4.51. The molecule has 0 bridgehead atoms. The fourth-order valence-corrected chi connectivity index (χ4v) is 3.83. The number of pyridine rings is 1. The van der Waals surface area contributed by atoms with Gasteiger partial charge in [-0.25, -0.2) is 4.98 Å². The number of hydrogen-bond donors (Lipinski definition) is 0. The molecule has 110 valence electrons. The Kier molecular flexibility index (Phi) is 4.29. The van der Waals surface area contributed by atoms with Gasteiger partial charge in [0, 0.05) is 31.7 Å². The average molecular weight is 341 g/mol. The van der Waals surface area contributed by atoms with Gasteiger partial charge >= 0.3 is 0 Å². The quantitative estimate of drug-likeness (QED) is 0.623. The molecule has 2 heterocycles. The van der Waals surface area contributed by atoms with Gasteiger partial charge in [0.05, 0.1) is 19.3 Å². The number of hydrogen-bond acceptors (Lipinski definition) is 4. The molecule has 0 saturated heterocycles. The van der Waals surface area contributed by atoms with Crippen LogP contribution < -0.4 is 4.90 Å². The van der Waals surface area contributed by atoms with Crippen LogP contribution in [0.5, 0.6) is 0 Å². The van der Waals surface area contributed by atoms with Crippen molar-refractivity contribution < 1.29 is 9.47 Å². The summed E-state index contributed by atoms with van der Waals surface area (Å²) in [5.74, 6) is 1.68. The molecule has 5 heteroatoms. The topological polar surface area (TPSA) is 34.6 Å². The number of aromatic nitrogens is 1. The number of rotatable bonds is 4. The normalized spacial score (nSPS) is 28.4. The van der Waals surface area contributed by atoms with Gasteiger partial charge in [-0.3, -0.25) is 0 Å². The maximum atomic E-state index is 5.93. The maximum Gasteiger partial charge on any atom is 0.133 e. The number of fused-ring (bicyclic) bond motifs is 3.